The Balaban J connectivity index is 1.06. The van der Waals surface area contributed by atoms with Crippen molar-refractivity contribution in [3.8, 4) is 39.6 Å². The Morgan fingerprint density at radius 1 is 0.474 bits per heavy atom. The third-order valence-corrected chi connectivity index (χ3v) is 14.4. The number of nitrogens with zero attached hydrogens (tertiary/aromatic N) is 3. The van der Waals surface area contributed by atoms with Crippen LogP contribution in [0.15, 0.2) is 164 Å². The van der Waals surface area contributed by atoms with Gasteiger partial charge in [-0.3, -0.25) is 0 Å². The van der Waals surface area contributed by atoms with Gasteiger partial charge in [-0.2, -0.15) is 0 Å². The van der Waals surface area contributed by atoms with E-state index in [1.165, 1.54) is 90.1 Å². The van der Waals surface area contributed by atoms with Crippen molar-refractivity contribution in [1.29, 1.82) is 0 Å². The second-order valence-corrected chi connectivity index (χ2v) is 17.4. The summed E-state index contributed by atoms with van der Waals surface area (Å²) in [5.74, 6) is 0.732. The lowest BCUT2D eigenvalue weighted by Crippen LogP contribution is -2.01. The summed E-state index contributed by atoms with van der Waals surface area (Å²) in [7, 11) is 0. The standard InChI is InChI=1S/C52H31N3S2/c1-2-11-34-33(10-1)38-15-9-16-39-35-12-3-6-17-45(35)55(51(38)39)46-23-20-30(26-40(34)46)43-29-44(31-21-24-49-41(27-31)36-13-4-7-18-47(36)56-49)54-52(53-43)32-22-25-50-42(28-32)37-14-5-8-19-48(37)57-50/h1,3-10,12-29H,2,11H2. The topological polar surface area (TPSA) is 30.7 Å². The fourth-order valence-electron chi connectivity index (χ4n) is 9.44. The SMILES string of the molecule is C1=CC2=C(CC1)c1cc(-c3cc(-c4ccc5sc6ccccc6c5c4)nc(-c4ccc5sc6ccccc6c5c4)n3)ccc1-n1c3ccccc3c3cccc2c31. The zero-order valence-electron chi connectivity index (χ0n) is 30.7. The van der Waals surface area contributed by atoms with Crippen LogP contribution in [-0.4, -0.2) is 14.5 Å². The van der Waals surface area contributed by atoms with Crippen molar-refractivity contribution in [3.63, 3.8) is 0 Å². The highest BCUT2D eigenvalue weighted by Gasteiger charge is 2.27. The number of para-hydroxylation sites is 2. The smallest absolute Gasteiger partial charge is 0.160 e. The summed E-state index contributed by atoms with van der Waals surface area (Å²) in [6, 6.07) is 55.7. The molecule has 3 nitrogen and oxygen atoms in total. The maximum absolute atomic E-state index is 5.42. The Bertz CT molecular complexity index is 3460. The number of thiophene rings is 2. The summed E-state index contributed by atoms with van der Waals surface area (Å²) >= 11 is 3.68. The van der Waals surface area contributed by atoms with E-state index in [0.717, 1.165) is 46.7 Å². The molecule has 0 atom stereocenters. The molecule has 0 amide bonds. The fourth-order valence-corrected chi connectivity index (χ4v) is 11.6. The van der Waals surface area contributed by atoms with Crippen LogP contribution in [0.3, 0.4) is 0 Å². The Morgan fingerprint density at radius 2 is 1.09 bits per heavy atom. The zero-order chi connectivity index (χ0) is 37.2. The molecule has 0 radical (unpaired) electrons. The van der Waals surface area contributed by atoms with E-state index in [9.17, 15) is 0 Å². The second-order valence-electron chi connectivity index (χ2n) is 15.2. The van der Waals surface area contributed by atoms with Crippen molar-refractivity contribution in [2.45, 2.75) is 12.8 Å². The number of hydrogen-bond acceptors (Lipinski definition) is 4. The molecule has 4 aromatic heterocycles. The summed E-state index contributed by atoms with van der Waals surface area (Å²) in [5.41, 5.74) is 14.1. The minimum Gasteiger partial charge on any atom is -0.308 e. The van der Waals surface area contributed by atoms with Gasteiger partial charge in [0, 0.05) is 78.9 Å². The van der Waals surface area contributed by atoms with Crippen molar-refractivity contribution < 1.29 is 0 Å². The number of fused-ring (bicyclic) bond motifs is 13. The monoisotopic (exact) mass is 761 g/mol. The molecule has 57 heavy (non-hydrogen) atoms. The van der Waals surface area contributed by atoms with E-state index < -0.39 is 0 Å². The Labute approximate surface area is 336 Å². The maximum atomic E-state index is 5.42. The molecule has 0 fully saturated rings. The van der Waals surface area contributed by atoms with E-state index >= 15 is 0 Å². The summed E-state index contributed by atoms with van der Waals surface area (Å²) in [6.45, 7) is 0. The van der Waals surface area contributed by atoms with Gasteiger partial charge in [0.05, 0.1) is 28.1 Å². The summed E-state index contributed by atoms with van der Waals surface area (Å²) in [4.78, 5) is 10.8. The molecule has 13 rings (SSSR count). The van der Waals surface area contributed by atoms with Gasteiger partial charge in [0.25, 0.3) is 0 Å². The molecule has 0 saturated carbocycles. The van der Waals surface area contributed by atoms with Gasteiger partial charge in [0.15, 0.2) is 5.82 Å². The average molecular weight is 762 g/mol. The van der Waals surface area contributed by atoms with Crippen molar-refractivity contribution in [2.75, 3.05) is 0 Å². The zero-order valence-corrected chi connectivity index (χ0v) is 32.3. The first kappa shape index (κ1) is 31.5. The lowest BCUT2D eigenvalue weighted by Gasteiger charge is -2.19. The van der Waals surface area contributed by atoms with Gasteiger partial charge in [0.1, 0.15) is 0 Å². The number of allylic oxidation sites excluding steroid dienone is 4. The molecule has 0 N–H and O–H groups in total. The number of hydrogen-bond donors (Lipinski definition) is 0. The lowest BCUT2D eigenvalue weighted by atomic mass is 9.86. The van der Waals surface area contributed by atoms with Crippen LogP contribution in [0.2, 0.25) is 0 Å². The van der Waals surface area contributed by atoms with Crippen molar-refractivity contribution in [3.05, 3.63) is 175 Å². The van der Waals surface area contributed by atoms with E-state index in [1.807, 2.05) is 22.7 Å². The molecule has 0 bridgehead atoms. The molecule has 1 aliphatic carbocycles. The van der Waals surface area contributed by atoms with Crippen LogP contribution in [0.1, 0.15) is 24.0 Å². The molecule has 266 valence electrons. The number of aromatic nitrogens is 3. The maximum Gasteiger partial charge on any atom is 0.160 e. The van der Waals surface area contributed by atoms with Crippen molar-refractivity contribution in [2.24, 2.45) is 0 Å². The van der Waals surface area contributed by atoms with Gasteiger partial charge in [-0.05, 0) is 90.7 Å². The molecule has 0 spiro atoms. The quantitative estimate of drug-likeness (QED) is 0.179. The van der Waals surface area contributed by atoms with Crippen molar-refractivity contribution >= 4 is 96.0 Å². The first-order chi connectivity index (χ1) is 28.2. The van der Waals surface area contributed by atoms with Gasteiger partial charge in [-0.1, -0.05) is 97.1 Å². The number of rotatable bonds is 3. The van der Waals surface area contributed by atoms with Crippen LogP contribution in [-0.2, 0) is 0 Å². The minimum absolute atomic E-state index is 0.732. The third kappa shape index (κ3) is 4.64. The highest BCUT2D eigenvalue weighted by atomic mass is 32.1. The van der Waals surface area contributed by atoms with E-state index in [2.05, 4.69) is 168 Å². The molecule has 1 aliphatic heterocycles. The predicted octanol–water partition coefficient (Wildman–Crippen LogP) is 14.9. The first-order valence-corrected chi connectivity index (χ1v) is 21.2. The normalized spacial score (nSPS) is 13.7. The van der Waals surface area contributed by atoms with Crippen molar-refractivity contribution in [1.82, 2.24) is 14.5 Å². The second kappa shape index (κ2) is 11.9. The molecule has 5 heterocycles. The van der Waals surface area contributed by atoms with Crippen LogP contribution in [0.5, 0.6) is 0 Å². The Kier molecular flexibility index (Phi) is 6.60. The Morgan fingerprint density at radius 3 is 1.86 bits per heavy atom. The molecule has 11 aromatic rings. The molecule has 2 aliphatic rings. The summed E-state index contributed by atoms with van der Waals surface area (Å²) < 4.78 is 7.66. The molecule has 7 aromatic carbocycles. The van der Waals surface area contributed by atoms with Crippen LogP contribution in [0.25, 0.3) is 113 Å². The van der Waals surface area contributed by atoms with E-state index in [-0.39, 0.29) is 0 Å². The third-order valence-electron chi connectivity index (χ3n) is 12.0. The van der Waals surface area contributed by atoms with Crippen LogP contribution >= 0.6 is 22.7 Å². The number of benzene rings is 7. The molecular formula is C52H31N3S2. The van der Waals surface area contributed by atoms with Gasteiger partial charge in [-0.25, -0.2) is 9.97 Å². The van der Waals surface area contributed by atoms with E-state index in [4.69, 9.17) is 9.97 Å². The van der Waals surface area contributed by atoms with Crippen LogP contribution in [0, 0.1) is 0 Å². The summed E-state index contributed by atoms with van der Waals surface area (Å²) in [6.07, 6.45) is 6.71. The largest absolute Gasteiger partial charge is 0.308 e. The van der Waals surface area contributed by atoms with Gasteiger partial charge < -0.3 is 4.57 Å². The first-order valence-electron chi connectivity index (χ1n) is 19.5. The fraction of sp³-hybridized carbons (Fsp3) is 0.0385. The van der Waals surface area contributed by atoms with Crippen LogP contribution < -0.4 is 0 Å². The molecule has 5 heteroatoms. The van der Waals surface area contributed by atoms with Gasteiger partial charge >= 0.3 is 0 Å². The highest BCUT2D eigenvalue weighted by molar-refractivity contribution is 7.26. The highest BCUT2D eigenvalue weighted by Crippen LogP contribution is 2.47. The van der Waals surface area contributed by atoms with E-state index in [0.29, 0.717) is 0 Å². The molecule has 0 saturated heterocycles. The van der Waals surface area contributed by atoms with Crippen LogP contribution in [0.4, 0.5) is 0 Å². The van der Waals surface area contributed by atoms with E-state index in [1.54, 1.807) is 0 Å². The molecule has 0 unspecified atom stereocenters. The average Bonchev–Trinajstić information content (AvgIpc) is 3.92. The minimum atomic E-state index is 0.732. The van der Waals surface area contributed by atoms with Gasteiger partial charge in [-0.15, -0.1) is 22.7 Å². The predicted molar refractivity (Wildman–Crippen MR) is 244 cm³/mol. The Hall–Kier alpha value is -6.66. The molecular weight excluding hydrogens is 731 g/mol. The van der Waals surface area contributed by atoms with Gasteiger partial charge in [0.2, 0.25) is 0 Å². The summed E-state index contributed by atoms with van der Waals surface area (Å²) in [5, 5.41) is 7.64. The lowest BCUT2D eigenvalue weighted by molar-refractivity contribution is 1.05.